The van der Waals surface area contributed by atoms with Gasteiger partial charge in [0, 0.05) is 18.4 Å². The normalized spacial score (nSPS) is 12.4. The maximum Gasteiger partial charge on any atom is 0.141 e. The lowest BCUT2D eigenvalue weighted by Gasteiger charge is -2.11. The molecule has 18 heavy (non-hydrogen) atoms. The number of hydrogen-bond donors (Lipinski definition) is 1. The van der Waals surface area contributed by atoms with Crippen LogP contribution in [-0.2, 0) is 12.8 Å². The zero-order valence-electron chi connectivity index (χ0n) is 9.81. The van der Waals surface area contributed by atoms with E-state index in [0.717, 1.165) is 17.5 Å². The van der Waals surface area contributed by atoms with Crippen molar-refractivity contribution in [2.45, 2.75) is 18.9 Å². The molecular formula is C14H14ClFN2. The second kappa shape index (κ2) is 5.94. The van der Waals surface area contributed by atoms with Gasteiger partial charge in [-0.1, -0.05) is 23.7 Å². The lowest BCUT2D eigenvalue weighted by Crippen LogP contribution is -2.25. The van der Waals surface area contributed by atoms with E-state index < -0.39 is 5.82 Å². The molecule has 0 aliphatic carbocycles. The first-order chi connectivity index (χ1) is 8.65. The number of nitrogens with two attached hydrogens (primary N) is 1. The standard InChI is InChI=1S/C14H14ClFN2/c15-13-8-10(3-4-14(13)16)6-12(17)7-11-2-1-5-18-9-11/h1-5,8-9,12H,6-7,17H2. The molecule has 1 unspecified atom stereocenters. The molecule has 0 aliphatic heterocycles. The summed E-state index contributed by atoms with van der Waals surface area (Å²) in [6, 6.07) is 8.55. The summed E-state index contributed by atoms with van der Waals surface area (Å²) < 4.78 is 13.0. The first kappa shape index (κ1) is 13.0. The number of benzene rings is 1. The monoisotopic (exact) mass is 264 g/mol. The molecule has 1 aromatic heterocycles. The van der Waals surface area contributed by atoms with Gasteiger partial charge in [-0.25, -0.2) is 4.39 Å². The molecule has 0 bridgehead atoms. The molecule has 2 rings (SSSR count). The van der Waals surface area contributed by atoms with Crippen LogP contribution in [0.3, 0.4) is 0 Å². The number of pyridine rings is 1. The van der Waals surface area contributed by atoms with E-state index in [4.69, 9.17) is 17.3 Å². The van der Waals surface area contributed by atoms with Crippen molar-refractivity contribution >= 4 is 11.6 Å². The van der Waals surface area contributed by atoms with Crippen LogP contribution in [0, 0.1) is 5.82 Å². The van der Waals surface area contributed by atoms with Gasteiger partial charge >= 0.3 is 0 Å². The van der Waals surface area contributed by atoms with Gasteiger partial charge in [0.05, 0.1) is 5.02 Å². The molecule has 4 heteroatoms. The highest BCUT2D eigenvalue weighted by atomic mass is 35.5. The van der Waals surface area contributed by atoms with Crippen molar-refractivity contribution in [2.24, 2.45) is 5.73 Å². The number of nitrogens with zero attached hydrogens (tertiary/aromatic N) is 1. The topological polar surface area (TPSA) is 38.9 Å². The molecule has 1 atom stereocenters. The molecule has 0 fully saturated rings. The van der Waals surface area contributed by atoms with E-state index in [1.165, 1.54) is 6.07 Å². The number of hydrogen-bond acceptors (Lipinski definition) is 2. The van der Waals surface area contributed by atoms with Crippen LogP contribution in [0.15, 0.2) is 42.7 Å². The molecule has 2 N–H and O–H groups in total. The highest BCUT2D eigenvalue weighted by Crippen LogP contribution is 2.17. The molecule has 0 saturated carbocycles. The van der Waals surface area contributed by atoms with Crippen LogP contribution >= 0.6 is 11.6 Å². The van der Waals surface area contributed by atoms with Gasteiger partial charge in [-0.15, -0.1) is 0 Å². The van der Waals surface area contributed by atoms with Gasteiger partial charge in [0.2, 0.25) is 0 Å². The van der Waals surface area contributed by atoms with Crippen LogP contribution < -0.4 is 5.73 Å². The Hall–Kier alpha value is -1.45. The highest BCUT2D eigenvalue weighted by molar-refractivity contribution is 6.30. The number of halogens is 2. The summed E-state index contributed by atoms with van der Waals surface area (Å²) in [6.45, 7) is 0. The summed E-state index contributed by atoms with van der Waals surface area (Å²) >= 11 is 5.73. The molecule has 2 aromatic rings. The minimum absolute atomic E-state index is 0.0317. The van der Waals surface area contributed by atoms with Crippen molar-refractivity contribution < 1.29 is 4.39 Å². The maximum absolute atomic E-state index is 13.0. The van der Waals surface area contributed by atoms with Crippen molar-refractivity contribution in [3.8, 4) is 0 Å². The fourth-order valence-corrected chi connectivity index (χ4v) is 2.07. The fourth-order valence-electron chi connectivity index (χ4n) is 1.86. The third-order valence-corrected chi connectivity index (χ3v) is 2.99. The Labute approximate surface area is 111 Å². The summed E-state index contributed by atoms with van der Waals surface area (Å²) in [5, 5.41) is 0.140. The van der Waals surface area contributed by atoms with E-state index >= 15 is 0 Å². The van der Waals surface area contributed by atoms with E-state index in [0.29, 0.717) is 6.42 Å². The molecule has 0 aliphatic rings. The molecule has 1 aromatic carbocycles. The lowest BCUT2D eigenvalue weighted by molar-refractivity contribution is 0.624. The second-order valence-electron chi connectivity index (χ2n) is 4.28. The van der Waals surface area contributed by atoms with Gasteiger partial charge in [0.25, 0.3) is 0 Å². The van der Waals surface area contributed by atoms with Crippen LogP contribution in [-0.4, -0.2) is 11.0 Å². The molecule has 94 valence electrons. The summed E-state index contributed by atoms with van der Waals surface area (Å²) in [5.74, 6) is -0.402. The predicted molar refractivity (Wildman–Crippen MR) is 71.0 cm³/mol. The summed E-state index contributed by atoms with van der Waals surface area (Å²) in [7, 11) is 0. The maximum atomic E-state index is 13.0. The van der Waals surface area contributed by atoms with Crippen LogP contribution in [0.4, 0.5) is 4.39 Å². The molecule has 0 saturated heterocycles. The van der Waals surface area contributed by atoms with E-state index in [1.54, 1.807) is 24.5 Å². The lowest BCUT2D eigenvalue weighted by atomic mass is 10.0. The van der Waals surface area contributed by atoms with Crippen molar-refractivity contribution in [2.75, 3.05) is 0 Å². The third-order valence-electron chi connectivity index (χ3n) is 2.70. The predicted octanol–water partition coefficient (Wildman–Crippen LogP) is 2.99. The minimum atomic E-state index is -0.402. The Balaban J connectivity index is 1.99. The SMILES string of the molecule is NC(Cc1cccnc1)Cc1ccc(F)c(Cl)c1. The largest absolute Gasteiger partial charge is 0.327 e. The number of rotatable bonds is 4. The molecule has 2 nitrogen and oxygen atoms in total. The number of aromatic nitrogens is 1. The van der Waals surface area contributed by atoms with Gasteiger partial charge in [-0.05, 0) is 42.2 Å². The quantitative estimate of drug-likeness (QED) is 0.922. The fraction of sp³-hybridized carbons (Fsp3) is 0.214. The average Bonchev–Trinajstić information content (AvgIpc) is 2.35. The third kappa shape index (κ3) is 3.52. The van der Waals surface area contributed by atoms with Gasteiger partial charge in [-0.2, -0.15) is 0 Å². The zero-order chi connectivity index (χ0) is 13.0. The van der Waals surface area contributed by atoms with E-state index in [9.17, 15) is 4.39 Å². The van der Waals surface area contributed by atoms with Gasteiger partial charge in [-0.3, -0.25) is 4.98 Å². The van der Waals surface area contributed by atoms with E-state index in [-0.39, 0.29) is 11.1 Å². The Morgan fingerprint density at radius 3 is 2.67 bits per heavy atom. The van der Waals surface area contributed by atoms with E-state index in [2.05, 4.69) is 4.98 Å². The summed E-state index contributed by atoms with van der Waals surface area (Å²) in [6.07, 6.45) is 4.93. The van der Waals surface area contributed by atoms with E-state index in [1.807, 2.05) is 12.1 Å². The van der Waals surface area contributed by atoms with Crippen LogP contribution in [0.2, 0.25) is 5.02 Å². The van der Waals surface area contributed by atoms with Crippen molar-refractivity contribution in [3.63, 3.8) is 0 Å². The second-order valence-corrected chi connectivity index (χ2v) is 4.69. The Bertz CT molecular complexity index is 516. The smallest absolute Gasteiger partial charge is 0.141 e. The molecule has 1 heterocycles. The van der Waals surface area contributed by atoms with Crippen LogP contribution in [0.25, 0.3) is 0 Å². The molecular weight excluding hydrogens is 251 g/mol. The van der Waals surface area contributed by atoms with Crippen LogP contribution in [0.5, 0.6) is 0 Å². The summed E-state index contributed by atoms with van der Waals surface area (Å²) in [4.78, 5) is 4.04. The van der Waals surface area contributed by atoms with Gasteiger partial charge < -0.3 is 5.73 Å². The molecule has 0 spiro atoms. The Morgan fingerprint density at radius 1 is 1.22 bits per heavy atom. The summed E-state index contributed by atoms with van der Waals surface area (Å²) in [5.41, 5.74) is 8.10. The molecule has 0 radical (unpaired) electrons. The Morgan fingerprint density at radius 2 is 2.00 bits per heavy atom. The highest BCUT2D eigenvalue weighted by Gasteiger charge is 2.07. The average molecular weight is 265 g/mol. The first-order valence-electron chi connectivity index (χ1n) is 5.73. The van der Waals surface area contributed by atoms with Gasteiger partial charge in [0.15, 0.2) is 0 Å². The van der Waals surface area contributed by atoms with Crippen molar-refractivity contribution in [1.82, 2.24) is 4.98 Å². The molecule has 0 amide bonds. The zero-order valence-corrected chi connectivity index (χ0v) is 10.6. The first-order valence-corrected chi connectivity index (χ1v) is 6.11. The van der Waals surface area contributed by atoms with Crippen LogP contribution in [0.1, 0.15) is 11.1 Å². The van der Waals surface area contributed by atoms with Crippen molar-refractivity contribution in [1.29, 1.82) is 0 Å². The van der Waals surface area contributed by atoms with Gasteiger partial charge in [0.1, 0.15) is 5.82 Å². The minimum Gasteiger partial charge on any atom is -0.327 e. The Kier molecular flexibility index (Phi) is 4.28. The van der Waals surface area contributed by atoms with Crippen molar-refractivity contribution in [3.05, 3.63) is 64.7 Å².